The Morgan fingerprint density at radius 3 is 1.18 bits per heavy atom. The molecule has 0 aromatic carbocycles. The third-order valence-electron chi connectivity index (χ3n) is 12.6. The molecule has 66 heavy (non-hydrogen) atoms. The van der Waals surface area contributed by atoms with Crippen molar-refractivity contribution >= 4 is 19.8 Å². The number of carbonyl (C=O) groups is 2. The lowest BCUT2D eigenvalue weighted by molar-refractivity contribution is -0.161. The van der Waals surface area contributed by atoms with Gasteiger partial charge in [-0.25, -0.2) is 4.57 Å². The molecule has 0 aromatic heterocycles. The van der Waals surface area contributed by atoms with Gasteiger partial charge < -0.3 is 20.1 Å². The summed E-state index contributed by atoms with van der Waals surface area (Å²) in [4.78, 5) is 35.1. The summed E-state index contributed by atoms with van der Waals surface area (Å²) < 4.78 is 33.0. The number of hydrogen-bond donors (Lipinski definition) is 2. The normalized spacial score (nSPS) is 13.2. The number of phosphoric ester groups is 1. The van der Waals surface area contributed by atoms with Crippen LogP contribution in [0.4, 0.5) is 0 Å². The minimum absolute atomic E-state index is 0.0539. The molecule has 0 saturated heterocycles. The van der Waals surface area contributed by atoms with Crippen LogP contribution in [0.2, 0.25) is 0 Å². The first kappa shape index (κ1) is 64.5. The van der Waals surface area contributed by atoms with E-state index in [2.05, 4.69) is 38.2 Å². The zero-order valence-corrected chi connectivity index (χ0v) is 44.3. The minimum atomic E-state index is -4.38. The van der Waals surface area contributed by atoms with Crippen molar-refractivity contribution in [3.05, 3.63) is 24.3 Å². The van der Waals surface area contributed by atoms with Crippen LogP contribution in [0.1, 0.15) is 290 Å². The number of phosphoric acid groups is 1. The number of hydrogen-bond acceptors (Lipinski definition) is 8. The van der Waals surface area contributed by atoms with Crippen molar-refractivity contribution in [1.82, 2.24) is 0 Å². The number of unbranched alkanes of at least 4 members (excludes halogenated alkanes) is 37. The van der Waals surface area contributed by atoms with Gasteiger partial charge in [0.2, 0.25) is 0 Å². The average molecular weight is 954 g/mol. The van der Waals surface area contributed by atoms with Crippen molar-refractivity contribution < 1.29 is 37.6 Å². The lowest BCUT2D eigenvalue weighted by Crippen LogP contribution is -2.29. The van der Waals surface area contributed by atoms with Crippen LogP contribution in [0, 0.1) is 0 Å². The van der Waals surface area contributed by atoms with Gasteiger partial charge in [-0.2, -0.15) is 0 Å². The molecule has 0 spiro atoms. The summed E-state index contributed by atoms with van der Waals surface area (Å²) in [5.41, 5.74) is 5.37. The minimum Gasteiger partial charge on any atom is -0.462 e. The first-order chi connectivity index (χ1) is 32.3. The molecule has 0 rings (SSSR count). The van der Waals surface area contributed by atoms with Crippen molar-refractivity contribution in [2.45, 2.75) is 296 Å². The van der Waals surface area contributed by atoms with E-state index in [-0.39, 0.29) is 38.6 Å². The predicted molar refractivity (Wildman–Crippen MR) is 280 cm³/mol. The van der Waals surface area contributed by atoms with Gasteiger partial charge in [-0.05, 0) is 44.9 Å². The second-order valence-electron chi connectivity index (χ2n) is 19.2. The average Bonchev–Trinajstić information content (AvgIpc) is 3.31. The first-order valence-corrected chi connectivity index (χ1v) is 29.8. The lowest BCUT2D eigenvalue weighted by atomic mass is 10.0. The molecule has 9 nitrogen and oxygen atoms in total. The molecule has 0 aromatic rings. The molecule has 2 atom stereocenters. The predicted octanol–water partition coefficient (Wildman–Crippen LogP) is 17.5. The highest BCUT2D eigenvalue weighted by Gasteiger charge is 2.26. The van der Waals surface area contributed by atoms with Gasteiger partial charge in [0.1, 0.15) is 6.61 Å². The monoisotopic (exact) mass is 954 g/mol. The summed E-state index contributed by atoms with van der Waals surface area (Å²) >= 11 is 0. The van der Waals surface area contributed by atoms with Gasteiger partial charge in [-0.3, -0.25) is 18.6 Å². The summed E-state index contributed by atoms with van der Waals surface area (Å²) in [6.07, 6.45) is 61.0. The van der Waals surface area contributed by atoms with Gasteiger partial charge in [0.25, 0.3) is 0 Å². The van der Waals surface area contributed by atoms with E-state index in [4.69, 9.17) is 24.3 Å². The SMILES string of the molecule is CCCCC/C=C\C/C=C\CCCCCCCCCC(=O)OC(COC(=O)CCCCCCCCCCCCCCCCCCCCCCCCCCCCCC)COP(=O)(O)OCCN. The number of ether oxygens (including phenoxy) is 2. The Morgan fingerprint density at radius 2 is 0.788 bits per heavy atom. The molecule has 2 unspecified atom stereocenters. The number of rotatable bonds is 54. The Bertz CT molecular complexity index is 1130. The summed E-state index contributed by atoms with van der Waals surface area (Å²) in [7, 11) is -4.38. The van der Waals surface area contributed by atoms with Crippen LogP contribution < -0.4 is 5.73 Å². The molecular formula is C56H108NO8P. The molecule has 0 aliphatic rings. The maximum Gasteiger partial charge on any atom is 0.472 e. The van der Waals surface area contributed by atoms with Gasteiger partial charge >= 0.3 is 19.8 Å². The lowest BCUT2D eigenvalue weighted by Gasteiger charge is -2.19. The fraction of sp³-hybridized carbons (Fsp3) is 0.893. The largest absolute Gasteiger partial charge is 0.472 e. The molecule has 0 fully saturated rings. The molecule has 0 bridgehead atoms. The fourth-order valence-corrected chi connectivity index (χ4v) is 9.14. The van der Waals surface area contributed by atoms with Gasteiger partial charge in [0, 0.05) is 19.4 Å². The zero-order chi connectivity index (χ0) is 48.1. The maximum atomic E-state index is 12.7. The Hall–Kier alpha value is -1.51. The van der Waals surface area contributed by atoms with Crippen molar-refractivity contribution in [3.63, 3.8) is 0 Å². The van der Waals surface area contributed by atoms with E-state index in [0.29, 0.717) is 6.42 Å². The van der Waals surface area contributed by atoms with E-state index in [9.17, 15) is 19.0 Å². The number of carbonyl (C=O) groups excluding carboxylic acids is 2. The topological polar surface area (TPSA) is 134 Å². The third-order valence-corrected chi connectivity index (χ3v) is 13.6. The standard InChI is InChI=1S/C56H108NO8P/c1-3-5-7-9-11-13-15-17-19-21-22-23-24-25-26-27-28-29-30-31-33-34-36-38-40-42-44-46-48-55(58)62-52-54(53-64-66(60,61)63-51-50-57)65-56(59)49-47-45-43-41-39-37-35-32-20-18-16-14-12-10-8-6-4-2/h12,14,18,20,54H,3-11,13,15-17,19,21-53,57H2,1-2H3,(H,60,61)/b14-12-,20-18-. The van der Waals surface area contributed by atoms with E-state index in [1.807, 2.05) is 0 Å². The van der Waals surface area contributed by atoms with E-state index in [1.165, 1.54) is 205 Å². The molecule has 3 N–H and O–H groups in total. The van der Waals surface area contributed by atoms with E-state index >= 15 is 0 Å². The molecule has 10 heteroatoms. The quantitative estimate of drug-likeness (QED) is 0.0264. The van der Waals surface area contributed by atoms with Crippen molar-refractivity contribution in [3.8, 4) is 0 Å². The Kier molecular flexibility index (Phi) is 51.6. The summed E-state index contributed by atoms with van der Waals surface area (Å²) in [6.45, 7) is 3.76. The van der Waals surface area contributed by atoms with Crippen LogP contribution in [0.3, 0.4) is 0 Å². The highest BCUT2D eigenvalue weighted by atomic mass is 31.2. The molecule has 0 aliphatic carbocycles. The molecule has 0 saturated carbocycles. The summed E-state index contributed by atoms with van der Waals surface area (Å²) in [6, 6.07) is 0. The Morgan fingerprint density at radius 1 is 0.455 bits per heavy atom. The van der Waals surface area contributed by atoms with Crippen molar-refractivity contribution in [2.75, 3.05) is 26.4 Å². The molecule has 0 amide bonds. The summed E-state index contributed by atoms with van der Waals surface area (Å²) in [5.74, 6) is -0.822. The number of allylic oxidation sites excluding steroid dienone is 4. The van der Waals surface area contributed by atoms with Crippen LogP contribution in [0.25, 0.3) is 0 Å². The van der Waals surface area contributed by atoms with Crippen LogP contribution in [0.5, 0.6) is 0 Å². The fourth-order valence-electron chi connectivity index (χ4n) is 8.37. The van der Waals surface area contributed by atoms with Crippen LogP contribution in [-0.2, 0) is 32.7 Å². The molecule has 0 aliphatic heterocycles. The van der Waals surface area contributed by atoms with Crippen LogP contribution in [0.15, 0.2) is 24.3 Å². The highest BCUT2D eigenvalue weighted by Crippen LogP contribution is 2.43. The third kappa shape index (κ3) is 51.9. The Balaban J connectivity index is 3.90. The number of esters is 2. The van der Waals surface area contributed by atoms with Gasteiger partial charge in [-0.1, -0.05) is 256 Å². The van der Waals surface area contributed by atoms with Crippen molar-refractivity contribution in [1.29, 1.82) is 0 Å². The van der Waals surface area contributed by atoms with Gasteiger partial charge in [0.15, 0.2) is 6.10 Å². The van der Waals surface area contributed by atoms with Gasteiger partial charge in [0.05, 0.1) is 13.2 Å². The first-order valence-electron chi connectivity index (χ1n) is 28.3. The highest BCUT2D eigenvalue weighted by molar-refractivity contribution is 7.47. The van der Waals surface area contributed by atoms with E-state index < -0.39 is 26.5 Å². The van der Waals surface area contributed by atoms with Crippen molar-refractivity contribution in [2.24, 2.45) is 5.73 Å². The molecule has 0 heterocycles. The van der Waals surface area contributed by atoms with Crippen LogP contribution >= 0.6 is 7.82 Å². The second kappa shape index (κ2) is 52.9. The molecule has 0 radical (unpaired) electrons. The number of nitrogens with two attached hydrogens (primary N) is 1. The molecular weight excluding hydrogens is 846 g/mol. The van der Waals surface area contributed by atoms with E-state index in [0.717, 1.165) is 51.4 Å². The second-order valence-corrected chi connectivity index (χ2v) is 20.6. The molecule has 390 valence electrons. The van der Waals surface area contributed by atoms with Crippen LogP contribution in [-0.4, -0.2) is 49.3 Å². The zero-order valence-electron chi connectivity index (χ0n) is 43.5. The van der Waals surface area contributed by atoms with E-state index in [1.54, 1.807) is 0 Å². The Labute approximate surface area is 408 Å². The maximum absolute atomic E-state index is 12.7. The smallest absolute Gasteiger partial charge is 0.462 e. The van der Waals surface area contributed by atoms with Gasteiger partial charge in [-0.15, -0.1) is 0 Å². The summed E-state index contributed by atoms with van der Waals surface area (Å²) in [5, 5.41) is 0.